The van der Waals surface area contributed by atoms with E-state index in [2.05, 4.69) is 0 Å². The van der Waals surface area contributed by atoms with Gasteiger partial charge in [-0.1, -0.05) is 37.3 Å². The Morgan fingerprint density at radius 2 is 1.87 bits per heavy atom. The highest BCUT2D eigenvalue weighted by Gasteiger charge is 2.78. The van der Waals surface area contributed by atoms with Gasteiger partial charge in [-0.25, -0.2) is 0 Å². The molecule has 1 saturated carbocycles. The Bertz CT molecular complexity index is 852. The summed E-state index contributed by atoms with van der Waals surface area (Å²) in [6.07, 6.45) is 0.143. The van der Waals surface area contributed by atoms with Gasteiger partial charge in [0.2, 0.25) is 0 Å². The molecule has 30 heavy (non-hydrogen) atoms. The lowest BCUT2D eigenvalue weighted by Crippen LogP contribution is -2.58. The normalized spacial score (nSPS) is 37.7. The number of esters is 2. The molecule has 1 aliphatic carbocycles. The molecule has 3 fully saturated rings. The maximum Gasteiger partial charge on any atom is 0.307 e. The van der Waals surface area contributed by atoms with E-state index in [0.29, 0.717) is 13.0 Å². The van der Waals surface area contributed by atoms with Crippen molar-refractivity contribution in [3.05, 3.63) is 35.9 Å². The first-order chi connectivity index (χ1) is 14.2. The number of rotatable bonds is 6. The van der Waals surface area contributed by atoms with Crippen LogP contribution in [0.1, 0.15) is 45.6 Å². The number of ketones is 1. The summed E-state index contributed by atoms with van der Waals surface area (Å²) >= 11 is 0. The molecule has 0 N–H and O–H groups in total. The van der Waals surface area contributed by atoms with E-state index in [0.717, 1.165) is 5.56 Å². The average molecular weight is 416 g/mol. The van der Waals surface area contributed by atoms with Gasteiger partial charge in [-0.3, -0.25) is 14.4 Å². The lowest BCUT2D eigenvalue weighted by molar-refractivity contribution is -0.180. The first kappa shape index (κ1) is 21.0. The third-order valence-electron chi connectivity index (χ3n) is 7.60. The van der Waals surface area contributed by atoms with Gasteiger partial charge in [0.05, 0.1) is 25.6 Å². The molecule has 1 aromatic rings. The molecule has 0 bridgehead atoms. The minimum atomic E-state index is -1.13. The Morgan fingerprint density at radius 3 is 2.57 bits per heavy atom. The fourth-order valence-corrected chi connectivity index (χ4v) is 5.68. The van der Waals surface area contributed by atoms with Crippen molar-refractivity contribution in [1.29, 1.82) is 0 Å². The Kier molecular flexibility index (Phi) is 5.22. The van der Waals surface area contributed by atoms with Gasteiger partial charge in [0.1, 0.15) is 30.2 Å². The van der Waals surface area contributed by atoms with Crippen molar-refractivity contribution in [3.8, 4) is 0 Å². The first-order valence-corrected chi connectivity index (χ1v) is 10.4. The van der Waals surface area contributed by atoms with Gasteiger partial charge in [-0.2, -0.15) is 0 Å². The molecule has 0 amide bonds. The summed E-state index contributed by atoms with van der Waals surface area (Å²) in [5.41, 5.74) is -2.04. The SMILES string of the molecule is CC(=O)[C@@]1(C)COC(=O)C[C@@]23CC(=O)O[C@]21C[C@@H](OCOCc1ccccc1)[C@H]3C. The first-order valence-electron chi connectivity index (χ1n) is 10.4. The average Bonchev–Trinajstić information content (AvgIpc) is 3.08. The predicted octanol–water partition coefficient (Wildman–Crippen LogP) is 2.80. The molecular formula is C23H28O7. The van der Waals surface area contributed by atoms with Crippen LogP contribution in [0.5, 0.6) is 0 Å². The molecule has 0 radical (unpaired) electrons. The fourth-order valence-electron chi connectivity index (χ4n) is 5.68. The third kappa shape index (κ3) is 2.98. The molecule has 0 spiro atoms. The summed E-state index contributed by atoms with van der Waals surface area (Å²) in [7, 11) is 0. The largest absolute Gasteiger partial charge is 0.464 e. The number of carbonyl (C=O) groups is 3. The van der Waals surface area contributed by atoms with Crippen LogP contribution in [0.25, 0.3) is 0 Å². The summed E-state index contributed by atoms with van der Waals surface area (Å²) < 4.78 is 23.1. The van der Waals surface area contributed by atoms with Crippen molar-refractivity contribution in [3.63, 3.8) is 0 Å². The monoisotopic (exact) mass is 416 g/mol. The lowest BCUT2D eigenvalue weighted by atomic mass is 9.57. The number of hydrogen-bond acceptors (Lipinski definition) is 7. The zero-order valence-electron chi connectivity index (χ0n) is 17.6. The molecule has 5 atom stereocenters. The second-order valence-corrected chi connectivity index (χ2v) is 9.01. The Hall–Kier alpha value is -2.25. The highest BCUT2D eigenvalue weighted by atomic mass is 16.7. The smallest absolute Gasteiger partial charge is 0.307 e. The lowest BCUT2D eigenvalue weighted by Gasteiger charge is -2.47. The van der Waals surface area contributed by atoms with Crippen LogP contribution < -0.4 is 0 Å². The van der Waals surface area contributed by atoms with Crippen LogP contribution in [0.2, 0.25) is 0 Å². The maximum absolute atomic E-state index is 12.7. The number of hydrogen-bond donors (Lipinski definition) is 0. The Morgan fingerprint density at radius 1 is 1.17 bits per heavy atom. The van der Waals surface area contributed by atoms with Crippen LogP contribution in [0.15, 0.2) is 30.3 Å². The number of cyclic esters (lactones) is 1. The maximum atomic E-state index is 12.7. The van der Waals surface area contributed by atoms with Crippen molar-refractivity contribution in [2.75, 3.05) is 13.4 Å². The quantitative estimate of drug-likeness (QED) is 0.400. The van der Waals surface area contributed by atoms with E-state index in [9.17, 15) is 14.4 Å². The van der Waals surface area contributed by atoms with Gasteiger partial charge in [0.15, 0.2) is 0 Å². The molecule has 162 valence electrons. The van der Waals surface area contributed by atoms with Gasteiger partial charge in [-0.15, -0.1) is 0 Å². The Labute approximate surface area is 176 Å². The highest BCUT2D eigenvalue weighted by molar-refractivity contribution is 5.88. The fraction of sp³-hybridized carbons (Fsp3) is 0.609. The van der Waals surface area contributed by atoms with E-state index in [4.69, 9.17) is 18.9 Å². The molecule has 2 heterocycles. The van der Waals surface area contributed by atoms with E-state index in [1.54, 1.807) is 6.92 Å². The molecule has 3 aliphatic rings. The van der Waals surface area contributed by atoms with Crippen LogP contribution >= 0.6 is 0 Å². The summed E-state index contributed by atoms with van der Waals surface area (Å²) in [5, 5.41) is 0. The van der Waals surface area contributed by atoms with Crippen LogP contribution in [0.4, 0.5) is 0 Å². The molecule has 1 aromatic carbocycles. The van der Waals surface area contributed by atoms with E-state index >= 15 is 0 Å². The molecular weight excluding hydrogens is 388 g/mol. The van der Waals surface area contributed by atoms with Gasteiger partial charge >= 0.3 is 11.9 Å². The summed E-state index contributed by atoms with van der Waals surface area (Å²) in [4.78, 5) is 37.7. The second kappa shape index (κ2) is 7.46. The number of Topliss-reactive ketones (excluding diaryl/α,β-unsaturated/α-hetero) is 1. The number of ether oxygens (including phenoxy) is 4. The van der Waals surface area contributed by atoms with Gasteiger partial charge in [-0.05, 0) is 25.3 Å². The highest BCUT2D eigenvalue weighted by Crippen LogP contribution is 2.68. The molecule has 7 heteroatoms. The standard InChI is InChI=1S/C23H28O7/c1-15-18(29-14-27-12-17-7-5-4-6-8-17)9-23-21(3,16(2)24)13-28-19(25)10-22(15,23)11-20(26)30-23/h4-8,15,18H,9-14H2,1-3H3/t15-,18-,21-,22+,23+/m1/s1. The van der Waals surface area contributed by atoms with Crippen molar-refractivity contribution in [1.82, 2.24) is 0 Å². The Balaban J connectivity index is 1.57. The van der Waals surface area contributed by atoms with Crippen LogP contribution in [-0.4, -0.2) is 42.8 Å². The number of benzene rings is 1. The van der Waals surface area contributed by atoms with Crippen LogP contribution in [-0.2, 0) is 39.9 Å². The zero-order valence-corrected chi connectivity index (χ0v) is 17.6. The van der Waals surface area contributed by atoms with Crippen molar-refractivity contribution >= 4 is 17.7 Å². The van der Waals surface area contributed by atoms with Gasteiger partial charge in [0, 0.05) is 11.8 Å². The molecule has 0 aromatic heterocycles. The van der Waals surface area contributed by atoms with Crippen LogP contribution in [0, 0.1) is 16.7 Å². The minimum absolute atomic E-state index is 0.0352. The minimum Gasteiger partial charge on any atom is -0.464 e. The second-order valence-electron chi connectivity index (χ2n) is 9.01. The molecule has 2 aliphatic heterocycles. The third-order valence-corrected chi connectivity index (χ3v) is 7.60. The van der Waals surface area contributed by atoms with E-state index in [1.807, 2.05) is 37.3 Å². The van der Waals surface area contributed by atoms with Gasteiger partial charge < -0.3 is 18.9 Å². The number of carbonyl (C=O) groups excluding carboxylic acids is 3. The van der Waals surface area contributed by atoms with E-state index < -0.39 is 22.4 Å². The summed E-state index contributed by atoms with van der Waals surface area (Å²) in [6, 6.07) is 9.79. The molecule has 0 unspecified atom stereocenters. The molecule has 4 rings (SSSR count). The van der Waals surface area contributed by atoms with Crippen molar-refractivity contribution < 1.29 is 33.3 Å². The van der Waals surface area contributed by atoms with Crippen molar-refractivity contribution in [2.24, 2.45) is 16.7 Å². The molecule has 7 nitrogen and oxygen atoms in total. The van der Waals surface area contributed by atoms with Crippen molar-refractivity contribution in [2.45, 2.75) is 58.3 Å². The van der Waals surface area contributed by atoms with E-state index in [1.165, 1.54) is 6.92 Å². The zero-order chi connectivity index (χ0) is 21.6. The van der Waals surface area contributed by atoms with E-state index in [-0.39, 0.29) is 50.0 Å². The van der Waals surface area contributed by atoms with Gasteiger partial charge in [0.25, 0.3) is 0 Å². The molecule has 2 saturated heterocycles. The topological polar surface area (TPSA) is 88.1 Å². The summed E-state index contributed by atoms with van der Waals surface area (Å²) in [5.74, 6) is -1.13. The van der Waals surface area contributed by atoms with Crippen LogP contribution in [0.3, 0.4) is 0 Å². The predicted molar refractivity (Wildman–Crippen MR) is 105 cm³/mol. The summed E-state index contributed by atoms with van der Waals surface area (Å²) in [6.45, 7) is 5.57.